The number of carbonyl (C=O) groups excluding carboxylic acids is 2. The first-order chi connectivity index (χ1) is 15.3. The number of carbonyl (C=O) groups is 2. The molecule has 2 aliphatic rings. The smallest absolute Gasteiger partial charge is 0.314 e. The first-order valence-corrected chi connectivity index (χ1v) is 10.7. The number of phenols is 1. The number of aryl methyl sites for hydroxylation is 1. The van der Waals surface area contributed by atoms with Gasteiger partial charge in [0, 0.05) is 17.4 Å². The van der Waals surface area contributed by atoms with Gasteiger partial charge in [0.15, 0.2) is 0 Å². The zero-order chi connectivity index (χ0) is 22.7. The molecule has 8 nitrogen and oxygen atoms in total. The van der Waals surface area contributed by atoms with E-state index in [1.54, 1.807) is 35.8 Å². The molecule has 0 fully saturated rings. The van der Waals surface area contributed by atoms with Crippen LogP contribution in [0.5, 0.6) is 5.75 Å². The third-order valence-corrected chi connectivity index (χ3v) is 6.47. The third kappa shape index (κ3) is 2.94. The Morgan fingerprint density at radius 3 is 2.81 bits per heavy atom. The summed E-state index contributed by atoms with van der Waals surface area (Å²) in [6.07, 6.45) is 0.601. The second-order valence-electron chi connectivity index (χ2n) is 8.45. The summed E-state index contributed by atoms with van der Waals surface area (Å²) in [6, 6.07) is 6.13. The molecular formula is C24H23N3O5. The van der Waals surface area contributed by atoms with Crippen LogP contribution in [-0.2, 0) is 33.9 Å². The van der Waals surface area contributed by atoms with Crippen molar-refractivity contribution in [1.82, 2.24) is 9.55 Å². The van der Waals surface area contributed by atoms with Crippen molar-refractivity contribution < 1.29 is 19.4 Å². The number of aromatic hydroxyl groups is 1. The van der Waals surface area contributed by atoms with Crippen molar-refractivity contribution in [1.29, 1.82) is 0 Å². The number of nitrogens with two attached hydrogens (primary N) is 1. The first kappa shape index (κ1) is 20.4. The summed E-state index contributed by atoms with van der Waals surface area (Å²) in [6.45, 7) is 3.84. The predicted octanol–water partition coefficient (Wildman–Crippen LogP) is 2.14. The molecule has 0 radical (unpaired) electrons. The highest BCUT2D eigenvalue weighted by atomic mass is 16.5. The second-order valence-corrected chi connectivity index (χ2v) is 8.45. The number of fused-ring (bicyclic) bond motifs is 5. The quantitative estimate of drug-likeness (QED) is 0.473. The lowest BCUT2D eigenvalue weighted by Crippen LogP contribution is -2.35. The number of cyclic esters (lactones) is 1. The molecule has 3 aromatic rings. The van der Waals surface area contributed by atoms with E-state index in [0.717, 1.165) is 22.0 Å². The number of hydrogen-bond donors (Lipinski definition) is 2. The van der Waals surface area contributed by atoms with Crippen LogP contribution in [0.25, 0.3) is 22.3 Å². The molecule has 1 unspecified atom stereocenters. The molecule has 5 rings (SSSR count). The molecule has 3 N–H and O–H groups in total. The van der Waals surface area contributed by atoms with Crippen LogP contribution in [0.2, 0.25) is 0 Å². The summed E-state index contributed by atoms with van der Waals surface area (Å²) in [5.74, 6) is -1.49. The molecule has 0 amide bonds. The molecular weight excluding hydrogens is 410 g/mol. The minimum atomic E-state index is -0.858. The van der Waals surface area contributed by atoms with Gasteiger partial charge < -0.3 is 20.1 Å². The van der Waals surface area contributed by atoms with Gasteiger partial charge in [0.25, 0.3) is 5.56 Å². The van der Waals surface area contributed by atoms with Gasteiger partial charge in [0.2, 0.25) is 0 Å². The van der Waals surface area contributed by atoms with Gasteiger partial charge in [-0.05, 0) is 48.7 Å². The van der Waals surface area contributed by atoms with Gasteiger partial charge in [0.05, 0.1) is 41.0 Å². The molecule has 0 saturated heterocycles. The lowest BCUT2D eigenvalue weighted by Gasteiger charge is -2.25. The van der Waals surface area contributed by atoms with Crippen LogP contribution in [0.3, 0.4) is 0 Å². The predicted molar refractivity (Wildman–Crippen MR) is 117 cm³/mol. The van der Waals surface area contributed by atoms with E-state index in [-0.39, 0.29) is 30.1 Å². The molecule has 0 bridgehead atoms. The number of hydrogen-bond acceptors (Lipinski definition) is 7. The number of pyridine rings is 2. The molecule has 164 valence electrons. The largest absolute Gasteiger partial charge is 0.508 e. The van der Waals surface area contributed by atoms with E-state index in [1.807, 2.05) is 6.92 Å². The van der Waals surface area contributed by atoms with E-state index in [4.69, 9.17) is 15.5 Å². The Balaban J connectivity index is 1.73. The van der Waals surface area contributed by atoms with Gasteiger partial charge in [-0.15, -0.1) is 0 Å². The molecule has 2 aromatic heterocycles. The van der Waals surface area contributed by atoms with Gasteiger partial charge in [-0.3, -0.25) is 14.4 Å². The van der Waals surface area contributed by atoms with Crippen molar-refractivity contribution >= 4 is 22.7 Å². The number of nitrogens with zero attached hydrogens (tertiary/aromatic N) is 2. The number of ketones is 1. The maximum atomic E-state index is 13.4. The topological polar surface area (TPSA) is 125 Å². The lowest BCUT2D eigenvalue weighted by molar-refractivity contribution is -0.149. The van der Waals surface area contributed by atoms with Gasteiger partial charge in [-0.2, -0.15) is 0 Å². The SMILES string of the molecule is CCc1c2c(nc3ccc(O)cc13)-c1cc3c(c(=O)n1C2)COC(=O)[C@H]3CC(=O)C(C)N. The van der Waals surface area contributed by atoms with Crippen LogP contribution in [0, 0.1) is 0 Å². The van der Waals surface area contributed by atoms with Crippen LogP contribution in [0.4, 0.5) is 0 Å². The van der Waals surface area contributed by atoms with Crippen molar-refractivity contribution in [2.45, 2.75) is 51.8 Å². The fourth-order valence-corrected chi connectivity index (χ4v) is 4.77. The lowest BCUT2D eigenvalue weighted by atomic mass is 9.87. The third-order valence-electron chi connectivity index (χ3n) is 6.47. The average molecular weight is 433 g/mol. The normalized spacial score (nSPS) is 17.5. The number of Topliss-reactive ketones (excluding diaryl/α,β-unsaturated/α-hetero) is 1. The van der Waals surface area contributed by atoms with E-state index in [9.17, 15) is 19.5 Å². The summed E-state index contributed by atoms with van der Waals surface area (Å²) < 4.78 is 6.90. The van der Waals surface area contributed by atoms with Crippen molar-refractivity contribution in [3.63, 3.8) is 0 Å². The van der Waals surface area contributed by atoms with Crippen molar-refractivity contribution in [2.75, 3.05) is 0 Å². The van der Waals surface area contributed by atoms with E-state index < -0.39 is 17.9 Å². The standard InChI is InChI=1S/C24H23N3O5/c1-3-13-15-6-12(28)4-5-19(15)26-22-17(13)9-27-20(22)7-14-16(8-21(29)11(2)25)24(31)32-10-18(14)23(27)30/h4-7,11,16,28H,3,8-10,25H2,1-2H3/t11?,16-/m0/s1. The summed E-state index contributed by atoms with van der Waals surface area (Å²) in [5.41, 5.74) is 10.4. The van der Waals surface area contributed by atoms with Crippen molar-refractivity contribution in [2.24, 2.45) is 5.73 Å². The summed E-state index contributed by atoms with van der Waals surface area (Å²) in [5, 5.41) is 10.8. The maximum absolute atomic E-state index is 13.4. The summed E-state index contributed by atoms with van der Waals surface area (Å²) in [7, 11) is 0. The Labute approximate surface area is 183 Å². The molecule has 0 saturated carbocycles. The van der Waals surface area contributed by atoms with Gasteiger partial charge in [0.1, 0.15) is 18.1 Å². The number of aromatic nitrogens is 2. The van der Waals surface area contributed by atoms with Crippen LogP contribution in [0.1, 0.15) is 48.4 Å². The number of esters is 1. The molecule has 0 aliphatic carbocycles. The molecule has 1 aromatic carbocycles. The Hall–Kier alpha value is -3.52. The van der Waals surface area contributed by atoms with Crippen LogP contribution in [0.15, 0.2) is 29.1 Å². The molecule has 2 aliphatic heterocycles. The summed E-state index contributed by atoms with van der Waals surface area (Å²) >= 11 is 0. The van der Waals surface area contributed by atoms with Gasteiger partial charge >= 0.3 is 5.97 Å². The molecule has 32 heavy (non-hydrogen) atoms. The fraction of sp³-hybridized carbons (Fsp3) is 0.333. The highest BCUT2D eigenvalue weighted by Crippen LogP contribution is 2.39. The monoisotopic (exact) mass is 433 g/mol. The second kappa shape index (κ2) is 7.27. The fourth-order valence-electron chi connectivity index (χ4n) is 4.77. The number of benzene rings is 1. The minimum Gasteiger partial charge on any atom is -0.508 e. The zero-order valence-electron chi connectivity index (χ0n) is 17.8. The Kier molecular flexibility index (Phi) is 4.63. The number of ether oxygens (including phenoxy) is 1. The highest BCUT2D eigenvalue weighted by Gasteiger charge is 2.37. The van der Waals surface area contributed by atoms with Gasteiger partial charge in [-0.25, -0.2) is 4.98 Å². The van der Waals surface area contributed by atoms with E-state index >= 15 is 0 Å². The molecule has 2 atom stereocenters. The Bertz CT molecular complexity index is 1370. The van der Waals surface area contributed by atoms with Gasteiger partial charge in [-0.1, -0.05) is 6.92 Å². The molecule has 8 heteroatoms. The Morgan fingerprint density at radius 1 is 1.31 bits per heavy atom. The average Bonchev–Trinajstić information content (AvgIpc) is 3.12. The van der Waals surface area contributed by atoms with Crippen LogP contribution in [-0.4, -0.2) is 32.5 Å². The van der Waals surface area contributed by atoms with Crippen molar-refractivity contribution in [3.05, 3.63) is 56.9 Å². The first-order valence-electron chi connectivity index (χ1n) is 10.7. The Morgan fingerprint density at radius 2 is 2.09 bits per heavy atom. The summed E-state index contributed by atoms with van der Waals surface area (Å²) in [4.78, 5) is 43.0. The zero-order valence-corrected chi connectivity index (χ0v) is 17.8. The number of phenolic OH excluding ortho intramolecular Hbond substituents is 1. The highest BCUT2D eigenvalue weighted by molar-refractivity contribution is 5.92. The maximum Gasteiger partial charge on any atom is 0.314 e. The van der Waals surface area contributed by atoms with E-state index in [1.165, 1.54) is 0 Å². The molecule has 4 heterocycles. The number of rotatable bonds is 4. The van der Waals surface area contributed by atoms with E-state index in [0.29, 0.717) is 35.5 Å². The van der Waals surface area contributed by atoms with Crippen LogP contribution >= 0.6 is 0 Å². The van der Waals surface area contributed by atoms with E-state index in [2.05, 4.69) is 0 Å². The van der Waals surface area contributed by atoms with Crippen LogP contribution < -0.4 is 11.3 Å². The molecule has 0 spiro atoms. The van der Waals surface area contributed by atoms with Crippen molar-refractivity contribution in [3.8, 4) is 17.1 Å². The minimum absolute atomic E-state index is 0.107.